The van der Waals surface area contributed by atoms with Crippen LogP contribution < -0.4 is 5.73 Å². The summed E-state index contributed by atoms with van der Waals surface area (Å²) in [6, 6.07) is 4.23. The largest absolute Gasteiger partial charge is 0.464 e. The first kappa shape index (κ1) is 15.2. The third-order valence-corrected chi connectivity index (χ3v) is 3.16. The molecule has 1 heterocycles. The number of aryl methyl sites for hydroxylation is 1. The van der Waals surface area contributed by atoms with Crippen LogP contribution in [-0.2, 0) is 11.2 Å². The number of nitrogens with zero attached hydrogens (tertiary/aromatic N) is 1. The van der Waals surface area contributed by atoms with Crippen LogP contribution in [0.15, 0.2) is 16.5 Å². The van der Waals surface area contributed by atoms with Crippen molar-refractivity contribution >= 4 is 0 Å². The standard InChI is InChI=1S/C14H26N2O2/c1-4-12-7-8-14(18-12)13(11-15)16(5-2)9-10-17-6-3/h7-8,13H,4-6,9-11,15H2,1-3H3. The van der Waals surface area contributed by atoms with Crippen molar-refractivity contribution in [3.8, 4) is 0 Å². The van der Waals surface area contributed by atoms with E-state index in [4.69, 9.17) is 14.9 Å². The lowest BCUT2D eigenvalue weighted by Crippen LogP contribution is -2.35. The zero-order valence-corrected chi connectivity index (χ0v) is 11.8. The molecule has 0 bridgehead atoms. The Labute approximate surface area is 110 Å². The van der Waals surface area contributed by atoms with Gasteiger partial charge in [0, 0.05) is 26.1 Å². The summed E-state index contributed by atoms with van der Waals surface area (Å²) in [4.78, 5) is 2.30. The first-order chi connectivity index (χ1) is 8.76. The highest BCUT2D eigenvalue weighted by Gasteiger charge is 2.20. The number of hydrogen-bond donors (Lipinski definition) is 1. The Balaban J connectivity index is 2.66. The Morgan fingerprint density at radius 1 is 1.33 bits per heavy atom. The second-order valence-corrected chi connectivity index (χ2v) is 4.23. The van der Waals surface area contributed by atoms with E-state index in [0.717, 1.165) is 44.2 Å². The fourth-order valence-corrected chi connectivity index (χ4v) is 2.07. The Morgan fingerprint density at radius 3 is 2.61 bits per heavy atom. The fraction of sp³-hybridized carbons (Fsp3) is 0.714. The summed E-state index contributed by atoms with van der Waals surface area (Å²) in [5.74, 6) is 1.98. The minimum absolute atomic E-state index is 0.149. The summed E-state index contributed by atoms with van der Waals surface area (Å²) in [6.07, 6.45) is 0.919. The average molecular weight is 254 g/mol. The van der Waals surface area contributed by atoms with Gasteiger partial charge in [-0.2, -0.15) is 0 Å². The number of nitrogens with two attached hydrogens (primary N) is 1. The Bertz CT molecular complexity index is 325. The maximum absolute atomic E-state index is 5.89. The van der Waals surface area contributed by atoms with Gasteiger partial charge in [-0.05, 0) is 25.6 Å². The van der Waals surface area contributed by atoms with Crippen molar-refractivity contribution in [1.29, 1.82) is 0 Å². The predicted octanol–water partition coefficient (Wildman–Crippen LogP) is 2.20. The highest BCUT2D eigenvalue weighted by Crippen LogP contribution is 2.22. The van der Waals surface area contributed by atoms with Gasteiger partial charge in [0.2, 0.25) is 0 Å². The van der Waals surface area contributed by atoms with Gasteiger partial charge in [-0.25, -0.2) is 0 Å². The van der Waals surface area contributed by atoms with Gasteiger partial charge in [0.05, 0.1) is 12.6 Å². The molecule has 0 spiro atoms. The van der Waals surface area contributed by atoms with E-state index in [1.165, 1.54) is 0 Å². The molecule has 0 saturated heterocycles. The van der Waals surface area contributed by atoms with Crippen molar-refractivity contribution in [2.24, 2.45) is 5.73 Å². The first-order valence-corrected chi connectivity index (χ1v) is 6.87. The van der Waals surface area contributed by atoms with Crippen LogP contribution in [0.5, 0.6) is 0 Å². The van der Waals surface area contributed by atoms with E-state index < -0.39 is 0 Å². The molecular formula is C14H26N2O2. The smallest absolute Gasteiger partial charge is 0.122 e. The number of furan rings is 1. The molecule has 0 amide bonds. The lowest BCUT2D eigenvalue weighted by Gasteiger charge is -2.28. The van der Waals surface area contributed by atoms with Gasteiger partial charge in [0.25, 0.3) is 0 Å². The van der Waals surface area contributed by atoms with Gasteiger partial charge in [0.15, 0.2) is 0 Å². The van der Waals surface area contributed by atoms with E-state index in [1.807, 2.05) is 19.1 Å². The predicted molar refractivity (Wildman–Crippen MR) is 73.6 cm³/mol. The topological polar surface area (TPSA) is 51.6 Å². The monoisotopic (exact) mass is 254 g/mol. The summed E-state index contributed by atoms with van der Waals surface area (Å²) in [6.45, 7) is 10.1. The van der Waals surface area contributed by atoms with Crippen molar-refractivity contribution in [2.75, 3.05) is 32.8 Å². The molecule has 1 unspecified atom stereocenters. The molecule has 0 aliphatic carbocycles. The van der Waals surface area contributed by atoms with E-state index in [1.54, 1.807) is 0 Å². The molecule has 1 atom stereocenters. The molecule has 0 aromatic carbocycles. The molecule has 1 rings (SSSR count). The second kappa shape index (κ2) is 8.29. The lowest BCUT2D eigenvalue weighted by atomic mass is 10.2. The molecule has 4 heteroatoms. The van der Waals surface area contributed by atoms with Gasteiger partial charge in [-0.15, -0.1) is 0 Å². The van der Waals surface area contributed by atoms with Crippen molar-refractivity contribution in [3.63, 3.8) is 0 Å². The maximum atomic E-state index is 5.89. The van der Waals surface area contributed by atoms with E-state index in [-0.39, 0.29) is 6.04 Å². The van der Waals surface area contributed by atoms with Crippen LogP contribution in [-0.4, -0.2) is 37.7 Å². The average Bonchev–Trinajstić information content (AvgIpc) is 2.86. The van der Waals surface area contributed by atoms with E-state index in [2.05, 4.69) is 18.7 Å². The summed E-state index contributed by atoms with van der Waals surface area (Å²) < 4.78 is 11.2. The Morgan fingerprint density at radius 2 is 2.11 bits per heavy atom. The summed E-state index contributed by atoms with van der Waals surface area (Å²) in [7, 11) is 0. The molecule has 0 aliphatic heterocycles. The zero-order chi connectivity index (χ0) is 13.4. The third kappa shape index (κ3) is 4.12. The normalized spacial score (nSPS) is 13.2. The minimum atomic E-state index is 0.149. The van der Waals surface area contributed by atoms with Crippen molar-refractivity contribution in [1.82, 2.24) is 4.90 Å². The van der Waals surface area contributed by atoms with Crippen molar-refractivity contribution in [2.45, 2.75) is 33.2 Å². The van der Waals surface area contributed by atoms with E-state index in [0.29, 0.717) is 6.54 Å². The van der Waals surface area contributed by atoms with E-state index in [9.17, 15) is 0 Å². The van der Waals surface area contributed by atoms with Gasteiger partial charge < -0.3 is 14.9 Å². The summed E-state index contributed by atoms with van der Waals surface area (Å²) in [5.41, 5.74) is 5.89. The fourth-order valence-electron chi connectivity index (χ4n) is 2.07. The third-order valence-electron chi connectivity index (χ3n) is 3.16. The SMILES string of the molecule is CCOCCN(CC)C(CN)c1ccc(CC)o1. The quantitative estimate of drug-likeness (QED) is 0.686. The second-order valence-electron chi connectivity index (χ2n) is 4.23. The van der Waals surface area contributed by atoms with Crippen LogP contribution >= 0.6 is 0 Å². The lowest BCUT2D eigenvalue weighted by molar-refractivity contribution is 0.0923. The molecule has 0 aliphatic rings. The van der Waals surface area contributed by atoms with Crippen LogP contribution in [0.4, 0.5) is 0 Å². The zero-order valence-electron chi connectivity index (χ0n) is 11.8. The molecule has 1 aromatic heterocycles. The van der Waals surface area contributed by atoms with Crippen LogP contribution in [0.3, 0.4) is 0 Å². The first-order valence-electron chi connectivity index (χ1n) is 6.87. The minimum Gasteiger partial charge on any atom is -0.464 e. The number of ether oxygens (including phenoxy) is 1. The van der Waals surface area contributed by atoms with E-state index >= 15 is 0 Å². The van der Waals surface area contributed by atoms with Gasteiger partial charge in [-0.3, -0.25) is 4.90 Å². The van der Waals surface area contributed by atoms with Crippen LogP contribution in [0.2, 0.25) is 0 Å². The molecule has 0 radical (unpaired) electrons. The Kier molecular flexibility index (Phi) is 7.01. The van der Waals surface area contributed by atoms with Gasteiger partial charge in [0.1, 0.15) is 11.5 Å². The molecule has 0 saturated carbocycles. The molecule has 1 aromatic rings. The number of hydrogen-bond acceptors (Lipinski definition) is 4. The highest BCUT2D eigenvalue weighted by molar-refractivity contribution is 5.11. The Hall–Kier alpha value is -0.840. The maximum Gasteiger partial charge on any atom is 0.122 e. The van der Waals surface area contributed by atoms with Crippen molar-refractivity contribution < 1.29 is 9.15 Å². The van der Waals surface area contributed by atoms with Crippen molar-refractivity contribution in [3.05, 3.63) is 23.7 Å². The molecule has 2 N–H and O–H groups in total. The summed E-state index contributed by atoms with van der Waals surface area (Å²) in [5, 5.41) is 0. The molecule has 4 nitrogen and oxygen atoms in total. The number of rotatable bonds is 9. The van der Waals surface area contributed by atoms with Crippen LogP contribution in [0, 0.1) is 0 Å². The molecule has 0 fully saturated rings. The van der Waals surface area contributed by atoms with Gasteiger partial charge >= 0.3 is 0 Å². The number of likely N-dealkylation sites (N-methyl/N-ethyl adjacent to an activating group) is 1. The molecular weight excluding hydrogens is 228 g/mol. The van der Waals surface area contributed by atoms with Gasteiger partial charge in [-0.1, -0.05) is 13.8 Å². The summed E-state index contributed by atoms with van der Waals surface area (Å²) >= 11 is 0. The van der Waals surface area contributed by atoms with Crippen LogP contribution in [0.1, 0.15) is 38.3 Å². The highest BCUT2D eigenvalue weighted by atomic mass is 16.5. The molecule has 104 valence electrons. The van der Waals surface area contributed by atoms with Crippen LogP contribution in [0.25, 0.3) is 0 Å². The molecule has 18 heavy (non-hydrogen) atoms.